The predicted molar refractivity (Wildman–Crippen MR) is 97.7 cm³/mol. The number of benzene rings is 1. The minimum absolute atomic E-state index is 0.0323. The molecular formula is C20H23N3O2. The van der Waals surface area contributed by atoms with Gasteiger partial charge >= 0.3 is 0 Å². The van der Waals surface area contributed by atoms with E-state index in [0.717, 1.165) is 29.3 Å². The van der Waals surface area contributed by atoms with Crippen molar-refractivity contribution in [2.45, 2.75) is 25.3 Å². The number of para-hydroxylation sites is 1. The van der Waals surface area contributed by atoms with Crippen LogP contribution in [-0.4, -0.2) is 41.2 Å². The zero-order valence-corrected chi connectivity index (χ0v) is 14.5. The highest BCUT2D eigenvalue weighted by atomic mass is 16.5. The predicted octanol–water partition coefficient (Wildman–Crippen LogP) is 3.11. The first-order valence-corrected chi connectivity index (χ1v) is 8.68. The molecule has 1 aliphatic heterocycles. The van der Waals surface area contributed by atoms with Gasteiger partial charge in [0.2, 0.25) is 5.91 Å². The lowest BCUT2D eigenvalue weighted by Crippen LogP contribution is -2.43. The van der Waals surface area contributed by atoms with Gasteiger partial charge in [-0.15, -0.1) is 0 Å². The Kier molecular flexibility index (Phi) is 5.52. The highest BCUT2D eigenvalue weighted by Gasteiger charge is 2.24. The number of hydrogen-bond acceptors (Lipinski definition) is 3. The molecule has 1 aromatic carbocycles. The lowest BCUT2D eigenvalue weighted by atomic mass is 10.1. The van der Waals surface area contributed by atoms with Gasteiger partial charge in [0.1, 0.15) is 0 Å². The highest BCUT2D eigenvalue weighted by molar-refractivity contribution is 5.96. The van der Waals surface area contributed by atoms with E-state index in [1.807, 2.05) is 36.4 Å². The van der Waals surface area contributed by atoms with Gasteiger partial charge in [-0.1, -0.05) is 18.2 Å². The van der Waals surface area contributed by atoms with E-state index in [0.29, 0.717) is 26.2 Å². The molecule has 1 amide bonds. The smallest absolute Gasteiger partial charge is 0.246 e. The summed E-state index contributed by atoms with van der Waals surface area (Å²) in [4.78, 5) is 14.6. The van der Waals surface area contributed by atoms with Gasteiger partial charge in [-0.3, -0.25) is 4.79 Å². The van der Waals surface area contributed by atoms with Crippen LogP contribution >= 0.6 is 0 Å². The van der Waals surface area contributed by atoms with E-state index >= 15 is 0 Å². The number of ether oxygens (including phenoxy) is 1. The summed E-state index contributed by atoms with van der Waals surface area (Å²) in [5, 5.41) is 10.0. The van der Waals surface area contributed by atoms with E-state index in [1.165, 1.54) is 0 Å². The molecule has 0 atom stereocenters. The van der Waals surface area contributed by atoms with Crippen LogP contribution in [0.25, 0.3) is 17.0 Å². The number of aromatic nitrogens is 1. The SMILES string of the molecule is Cn1cc(C=CC(=O)N(CCC#N)C2CCOCC2)c2ccccc21. The van der Waals surface area contributed by atoms with Gasteiger partial charge in [0.15, 0.2) is 0 Å². The number of nitrogens with zero attached hydrogens (tertiary/aromatic N) is 3. The number of hydrogen-bond donors (Lipinski definition) is 0. The van der Waals surface area contributed by atoms with Crippen molar-refractivity contribution in [2.24, 2.45) is 7.05 Å². The minimum Gasteiger partial charge on any atom is -0.381 e. The molecule has 0 N–H and O–H groups in total. The molecule has 130 valence electrons. The molecule has 2 aromatic rings. The van der Waals surface area contributed by atoms with Crippen molar-refractivity contribution in [3.05, 3.63) is 42.1 Å². The van der Waals surface area contributed by atoms with Crippen molar-refractivity contribution in [3.8, 4) is 6.07 Å². The maximum atomic E-state index is 12.7. The maximum Gasteiger partial charge on any atom is 0.246 e. The molecule has 5 nitrogen and oxygen atoms in total. The van der Waals surface area contributed by atoms with Crippen molar-refractivity contribution in [1.82, 2.24) is 9.47 Å². The molecule has 5 heteroatoms. The number of carbonyl (C=O) groups excluding carboxylic acids is 1. The van der Waals surface area contributed by atoms with Crippen molar-refractivity contribution in [2.75, 3.05) is 19.8 Å². The fourth-order valence-corrected chi connectivity index (χ4v) is 3.40. The number of aryl methyl sites for hydroxylation is 1. The first kappa shape index (κ1) is 17.2. The Morgan fingerprint density at radius 2 is 2.16 bits per heavy atom. The van der Waals surface area contributed by atoms with E-state index < -0.39 is 0 Å². The highest BCUT2D eigenvalue weighted by Crippen LogP contribution is 2.22. The molecule has 0 bridgehead atoms. The quantitative estimate of drug-likeness (QED) is 0.788. The fraction of sp³-hybridized carbons (Fsp3) is 0.400. The molecular weight excluding hydrogens is 314 g/mol. The van der Waals surface area contributed by atoms with Crippen LogP contribution in [0.15, 0.2) is 36.5 Å². The van der Waals surface area contributed by atoms with Crippen molar-refractivity contribution in [3.63, 3.8) is 0 Å². The third-order valence-corrected chi connectivity index (χ3v) is 4.71. The van der Waals surface area contributed by atoms with Crippen LogP contribution < -0.4 is 0 Å². The number of fused-ring (bicyclic) bond motifs is 1. The normalized spacial score (nSPS) is 15.5. The zero-order chi connectivity index (χ0) is 17.6. The molecule has 0 radical (unpaired) electrons. The van der Waals surface area contributed by atoms with Gasteiger partial charge in [0.05, 0.1) is 12.5 Å². The summed E-state index contributed by atoms with van der Waals surface area (Å²) in [7, 11) is 2.00. The van der Waals surface area contributed by atoms with Crippen LogP contribution in [0.2, 0.25) is 0 Å². The first-order chi connectivity index (χ1) is 12.2. The summed E-state index contributed by atoms with van der Waals surface area (Å²) in [5.74, 6) is -0.0323. The van der Waals surface area contributed by atoms with Crippen LogP contribution in [0.3, 0.4) is 0 Å². The fourth-order valence-electron chi connectivity index (χ4n) is 3.40. The van der Waals surface area contributed by atoms with Gasteiger partial charge in [0.25, 0.3) is 0 Å². The number of rotatable bonds is 5. The Hall–Kier alpha value is -2.58. The zero-order valence-electron chi connectivity index (χ0n) is 14.5. The van der Waals surface area contributed by atoms with E-state index in [4.69, 9.17) is 10.00 Å². The summed E-state index contributed by atoms with van der Waals surface area (Å²) in [6, 6.07) is 10.4. The molecule has 25 heavy (non-hydrogen) atoms. The third kappa shape index (κ3) is 3.92. The molecule has 0 saturated carbocycles. The monoisotopic (exact) mass is 337 g/mol. The molecule has 0 spiro atoms. The Morgan fingerprint density at radius 1 is 1.40 bits per heavy atom. The van der Waals surface area contributed by atoms with E-state index in [2.05, 4.69) is 22.8 Å². The Morgan fingerprint density at radius 3 is 2.92 bits per heavy atom. The van der Waals surface area contributed by atoms with E-state index in [9.17, 15) is 4.79 Å². The van der Waals surface area contributed by atoms with Gasteiger partial charge < -0.3 is 14.2 Å². The largest absolute Gasteiger partial charge is 0.381 e. The lowest BCUT2D eigenvalue weighted by molar-refractivity contribution is -0.130. The van der Waals surface area contributed by atoms with Crippen LogP contribution in [0.1, 0.15) is 24.8 Å². The number of carbonyl (C=O) groups is 1. The average molecular weight is 337 g/mol. The second-order valence-corrected chi connectivity index (χ2v) is 6.33. The standard InChI is InChI=1S/C20H23N3O2/c1-22-15-16(18-5-2-3-6-19(18)22)7-8-20(24)23(12-4-11-21)17-9-13-25-14-10-17/h2-3,5-8,15,17H,4,9-10,12-14H2,1H3. The first-order valence-electron chi connectivity index (χ1n) is 8.68. The Labute approximate surface area is 148 Å². The molecule has 3 rings (SSSR count). The molecule has 2 heterocycles. The van der Waals surface area contributed by atoms with E-state index in [1.54, 1.807) is 6.08 Å². The minimum atomic E-state index is -0.0323. The molecule has 0 unspecified atom stereocenters. The Balaban J connectivity index is 1.79. The van der Waals surface area contributed by atoms with Crippen molar-refractivity contribution < 1.29 is 9.53 Å². The lowest BCUT2D eigenvalue weighted by Gasteiger charge is -2.33. The summed E-state index contributed by atoms with van der Waals surface area (Å²) in [6.07, 6.45) is 7.56. The molecule has 1 saturated heterocycles. The average Bonchev–Trinajstić information content (AvgIpc) is 2.97. The second-order valence-electron chi connectivity index (χ2n) is 6.33. The van der Waals surface area contributed by atoms with Gasteiger partial charge in [-0.05, 0) is 25.0 Å². The van der Waals surface area contributed by atoms with E-state index in [-0.39, 0.29) is 11.9 Å². The third-order valence-electron chi connectivity index (χ3n) is 4.71. The maximum absolute atomic E-state index is 12.7. The van der Waals surface area contributed by atoms with Gasteiger partial charge in [0, 0.05) is 61.6 Å². The summed E-state index contributed by atoms with van der Waals surface area (Å²) in [5.41, 5.74) is 2.17. The number of nitriles is 1. The molecule has 1 fully saturated rings. The van der Waals surface area contributed by atoms with Crippen LogP contribution in [-0.2, 0) is 16.6 Å². The summed E-state index contributed by atoms with van der Waals surface area (Å²) >= 11 is 0. The molecule has 1 aliphatic rings. The second kappa shape index (κ2) is 8.00. The van der Waals surface area contributed by atoms with Crippen molar-refractivity contribution >= 4 is 22.9 Å². The summed E-state index contributed by atoms with van der Waals surface area (Å²) < 4.78 is 7.45. The Bertz CT molecular complexity index is 810. The van der Waals surface area contributed by atoms with Crippen LogP contribution in [0.5, 0.6) is 0 Å². The van der Waals surface area contributed by atoms with Crippen LogP contribution in [0, 0.1) is 11.3 Å². The topological polar surface area (TPSA) is 58.3 Å². The van der Waals surface area contributed by atoms with Crippen LogP contribution in [0.4, 0.5) is 0 Å². The van der Waals surface area contributed by atoms with Gasteiger partial charge in [-0.2, -0.15) is 5.26 Å². The van der Waals surface area contributed by atoms with Crippen molar-refractivity contribution in [1.29, 1.82) is 5.26 Å². The number of amides is 1. The molecule has 1 aromatic heterocycles. The molecule has 0 aliphatic carbocycles. The van der Waals surface area contributed by atoms with Gasteiger partial charge in [-0.25, -0.2) is 0 Å². The summed E-state index contributed by atoms with van der Waals surface area (Å²) in [6.45, 7) is 1.82.